The van der Waals surface area contributed by atoms with Crippen LogP contribution in [0.1, 0.15) is 24.3 Å². The third kappa shape index (κ3) is 3.36. The lowest BCUT2D eigenvalue weighted by atomic mass is 9.91. The number of piperazine rings is 1. The molecule has 2 aliphatic rings. The van der Waals surface area contributed by atoms with Crippen molar-refractivity contribution in [1.82, 2.24) is 35.4 Å². The number of hydrogen-bond donors (Lipinski definition) is 3. The number of likely N-dealkylation sites (N-methyl/N-ethyl adjacent to an activating group) is 1. The molecular weight excluding hydrogens is 388 g/mol. The van der Waals surface area contributed by atoms with Gasteiger partial charge in [0.25, 0.3) is 0 Å². The molecule has 31 heavy (non-hydrogen) atoms. The number of nitrogens with zero attached hydrogens (tertiary/aromatic N) is 5. The fraction of sp³-hybridized carbons (Fsp3) is 0.435. The van der Waals surface area contributed by atoms with Crippen molar-refractivity contribution >= 4 is 27.6 Å². The molecule has 0 saturated carbocycles. The van der Waals surface area contributed by atoms with Gasteiger partial charge in [-0.25, -0.2) is 4.98 Å². The molecule has 0 amide bonds. The summed E-state index contributed by atoms with van der Waals surface area (Å²) in [5.41, 5.74) is 6.36. The van der Waals surface area contributed by atoms with Crippen LogP contribution in [0.3, 0.4) is 0 Å². The maximum absolute atomic E-state index is 4.65. The molecule has 2 saturated heterocycles. The Balaban J connectivity index is 1.40. The van der Waals surface area contributed by atoms with E-state index in [9.17, 15) is 0 Å². The number of fused-ring (bicyclic) bond motifs is 2. The van der Waals surface area contributed by atoms with Crippen molar-refractivity contribution in [3.63, 3.8) is 0 Å². The normalized spacial score (nSPS) is 18.9. The second kappa shape index (κ2) is 7.62. The Morgan fingerprint density at radius 1 is 0.968 bits per heavy atom. The van der Waals surface area contributed by atoms with Gasteiger partial charge in [-0.05, 0) is 56.6 Å². The topological polar surface area (TPSA) is 88.8 Å². The molecule has 8 heteroatoms. The molecule has 0 aliphatic carbocycles. The minimum Gasteiger partial charge on any atom is -0.367 e. The number of aromatic nitrogens is 5. The van der Waals surface area contributed by atoms with Gasteiger partial charge in [0.15, 0.2) is 5.65 Å². The summed E-state index contributed by atoms with van der Waals surface area (Å²) in [7, 11) is 2.18. The highest BCUT2D eigenvalue weighted by molar-refractivity contribution is 5.98. The summed E-state index contributed by atoms with van der Waals surface area (Å²) in [6.07, 6.45) is 8.23. The van der Waals surface area contributed by atoms with Gasteiger partial charge < -0.3 is 20.1 Å². The highest BCUT2D eigenvalue weighted by atomic mass is 15.3. The van der Waals surface area contributed by atoms with Gasteiger partial charge in [-0.3, -0.25) is 10.1 Å². The minimum atomic E-state index is 0.566. The molecular formula is C23H28N8. The first-order valence-electron chi connectivity index (χ1n) is 11.2. The van der Waals surface area contributed by atoms with E-state index in [1.54, 1.807) is 0 Å². The quantitative estimate of drug-likeness (QED) is 0.476. The van der Waals surface area contributed by atoms with E-state index in [1.807, 2.05) is 18.6 Å². The molecule has 6 heterocycles. The molecule has 8 nitrogen and oxygen atoms in total. The molecule has 6 rings (SSSR count). The molecule has 160 valence electrons. The average molecular weight is 417 g/mol. The van der Waals surface area contributed by atoms with Crippen LogP contribution in [0.2, 0.25) is 0 Å². The molecule has 0 atom stereocenters. The Labute approximate surface area is 181 Å². The van der Waals surface area contributed by atoms with Crippen molar-refractivity contribution in [2.75, 3.05) is 51.2 Å². The SMILES string of the molecule is CN1CCN(c2cncc3[nH]c(-c4[nH]nc5ncc(C6CCNCC6)cc45)cc23)CC1. The van der Waals surface area contributed by atoms with E-state index in [0.29, 0.717) is 5.92 Å². The van der Waals surface area contributed by atoms with E-state index < -0.39 is 0 Å². The van der Waals surface area contributed by atoms with Gasteiger partial charge in [-0.15, -0.1) is 0 Å². The summed E-state index contributed by atoms with van der Waals surface area (Å²) in [6.45, 7) is 6.34. The van der Waals surface area contributed by atoms with Crippen LogP contribution in [0, 0.1) is 0 Å². The molecule has 0 bridgehead atoms. The first kappa shape index (κ1) is 18.8. The summed E-state index contributed by atoms with van der Waals surface area (Å²) < 4.78 is 0. The van der Waals surface area contributed by atoms with Crippen LogP contribution < -0.4 is 10.2 Å². The average Bonchev–Trinajstić information content (AvgIpc) is 3.43. The molecule has 4 aromatic rings. The van der Waals surface area contributed by atoms with Crippen molar-refractivity contribution in [1.29, 1.82) is 0 Å². The van der Waals surface area contributed by atoms with Gasteiger partial charge in [0.1, 0.15) is 0 Å². The zero-order valence-corrected chi connectivity index (χ0v) is 17.9. The van der Waals surface area contributed by atoms with Crippen molar-refractivity contribution < 1.29 is 0 Å². The molecule has 2 fully saturated rings. The summed E-state index contributed by atoms with van der Waals surface area (Å²) in [6, 6.07) is 4.51. The summed E-state index contributed by atoms with van der Waals surface area (Å²) in [4.78, 5) is 17.5. The lowest BCUT2D eigenvalue weighted by molar-refractivity contribution is 0.313. The van der Waals surface area contributed by atoms with Gasteiger partial charge in [-0.1, -0.05) is 0 Å². The lowest BCUT2D eigenvalue weighted by Crippen LogP contribution is -2.44. The first-order valence-corrected chi connectivity index (χ1v) is 11.2. The lowest BCUT2D eigenvalue weighted by Gasteiger charge is -2.34. The second-order valence-corrected chi connectivity index (χ2v) is 8.86. The number of hydrogen-bond acceptors (Lipinski definition) is 6. The van der Waals surface area contributed by atoms with Gasteiger partial charge in [0.05, 0.1) is 35.0 Å². The van der Waals surface area contributed by atoms with Crippen LogP contribution in [-0.4, -0.2) is 76.4 Å². The Morgan fingerprint density at radius 2 is 1.81 bits per heavy atom. The predicted octanol–water partition coefficient (Wildman–Crippen LogP) is 2.72. The molecule has 4 aromatic heterocycles. The van der Waals surface area contributed by atoms with Crippen molar-refractivity contribution in [3.8, 4) is 11.4 Å². The molecule has 0 aromatic carbocycles. The van der Waals surface area contributed by atoms with Gasteiger partial charge >= 0.3 is 0 Å². The van der Waals surface area contributed by atoms with Crippen LogP contribution in [0.25, 0.3) is 33.3 Å². The maximum atomic E-state index is 4.65. The van der Waals surface area contributed by atoms with E-state index in [1.165, 1.54) is 16.6 Å². The fourth-order valence-corrected chi connectivity index (χ4v) is 4.97. The maximum Gasteiger partial charge on any atom is 0.181 e. The van der Waals surface area contributed by atoms with Crippen molar-refractivity contribution in [3.05, 3.63) is 36.3 Å². The van der Waals surface area contributed by atoms with Crippen LogP contribution >= 0.6 is 0 Å². The Hall–Kier alpha value is -2.97. The second-order valence-electron chi connectivity index (χ2n) is 8.86. The zero-order chi connectivity index (χ0) is 20.8. The Morgan fingerprint density at radius 3 is 2.65 bits per heavy atom. The van der Waals surface area contributed by atoms with Crippen LogP contribution in [0.4, 0.5) is 5.69 Å². The number of piperidine rings is 1. The van der Waals surface area contributed by atoms with Crippen LogP contribution in [0.15, 0.2) is 30.7 Å². The summed E-state index contributed by atoms with van der Waals surface area (Å²) >= 11 is 0. The minimum absolute atomic E-state index is 0.566. The van der Waals surface area contributed by atoms with Gasteiger partial charge in [0.2, 0.25) is 0 Å². The van der Waals surface area contributed by atoms with E-state index in [-0.39, 0.29) is 0 Å². The predicted molar refractivity (Wildman–Crippen MR) is 124 cm³/mol. The van der Waals surface area contributed by atoms with Gasteiger partial charge in [-0.2, -0.15) is 5.10 Å². The Bertz CT molecular complexity index is 1210. The smallest absolute Gasteiger partial charge is 0.181 e. The highest BCUT2D eigenvalue weighted by Crippen LogP contribution is 2.34. The number of rotatable bonds is 3. The zero-order valence-electron chi connectivity index (χ0n) is 17.9. The molecule has 3 N–H and O–H groups in total. The standard InChI is InChI=1S/C23H28N8/c1-30-6-8-31(9-7-30)21-14-25-13-20-17(21)11-19(27-20)22-18-10-16(12-26-23(18)29-28-22)15-2-4-24-5-3-15/h10-15,24,27H,2-9H2,1H3,(H,26,28,29). The Kier molecular flexibility index (Phi) is 4.61. The van der Waals surface area contributed by atoms with E-state index in [0.717, 1.165) is 80.0 Å². The molecule has 2 aliphatic heterocycles. The van der Waals surface area contributed by atoms with E-state index >= 15 is 0 Å². The van der Waals surface area contributed by atoms with E-state index in [4.69, 9.17) is 0 Å². The molecule has 0 unspecified atom stereocenters. The van der Waals surface area contributed by atoms with E-state index in [2.05, 4.69) is 59.4 Å². The summed E-state index contributed by atoms with van der Waals surface area (Å²) in [5.74, 6) is 0.566. The number of nitrogens with one attached hydrogen (secondary N) is 3. The first-order chi connectivity index (χ1) is 15.3. The largest absolute Gasteiger partial charge is 0.367 e. The number of aromatic amines is 2. The monoisotopic (exact) mass is 416 g/mol. The van der Waals surface area contributed by atoms with Crippen LogP contribution in [-0.2, 0) is 0 Å². The van der Waals surface area contributed by atoms with Gasteiger partial charge in [0, 0.05) is 43.1 Å². The number of pyridine rings is 2. The third-order valence-corrected chi connectivity index (χ3v) is 6.88. The van der Waals surface area contributed by atoms with Crippen LogP contribution in [0.5, 0.6) is 0 Å². The molecule has 0 radical (unpaired) electrons. The fourth-order valence-electron chi connectivity index (χ4n) is 4.97. The number of anilines is 1. The third-order valence-electron chi connectivity index (χ3n) is 6.88. The van der Waals surface area contributed by atoms with Crippen molar-refractivity contribution in [2.45, 2.75) is 18.8 Å². The summed E-state index contributed by atoms with van der Waals surface area (Å²) in [5, 5.41) is 13.4. The molecule has 0 spiro atoms. The van der Waals surface area contributed by atoms with Crippen molar-refractivity contribution in [2.24, 2.45) is 0 Å². The number of H-pyrrole nitrogens is 2. The highest BCUT2D eigenvalue weighted by Gasteiger charge is 2.21.